The van der Waals surface area contributed by atoms with E-state index in [4.69, 9.17) is 0 Å². The first-order valence-corrected chi connectivity index (χ1v) is 4.38. The summed E-state index contributed by atoms with van der Waals surface area (Å²) in [5, 5.41) is 28.3. The van der Waals surface area contributed by atoms with Gasteiger partial charge in [-0.05, 0) is 5.56 Å². The van der Waals surface area contributed by atoms with Crippen LogP contribution < -0.4 is 0 Å². The maximum absolute atomic E-state index is 9.63. The van der Waals surface area contributed by atoms with Crippen LogP contribution in [0.1, 0.15) is 11.7 Å². The first-order chi connectivity index (χ1) is 6.66. The Balaban J connectivity index is 2.75. The second-order valence-corrected chi connectivity index (χ2v) is 3.07. The molecule has 0 fully saturated rings. The molecule has 0 aromatic heterocycles. The molecule has 0 aliphatic rings. The van der Waals surface area contributed by atoms with Gasteiger partial charge in [0.2, 0.25) is 0 Å². The summed E-state index contributed by atoms with van der Waals surface area (Å²) in [5.41, 5.74) is 0.570. The fraction of sp³-hybridized carbons (Fsp3) is 0.273. The van der Waals surface area contributed by atoms with E-state index in [9.17, 15) is 15.3 Å². The van der Waals surface area contributed by atoms with Crippen molar-refractivity contribution in [2.24, 2.45) is 0 Å². The highest BCUT2D eigenvalue weighted by molar-refractivity contribution is 5.19. The minimum absolute atomic E-state index is 0.570. The summed E-state index contributed by atoms with van der Waals surface area (Å²) in [7, 11) is 0. The standard InChI is InChI=1S/C11H14O3/c1-2-9(12)11(14)10(13)8-6-4-3-5-7-8/h2-7,9-14H,1H2/t9-,10-,11+/m1/s1. The van der Waals surface area contributed by atoms with E-state index >= 15 is 0 Å². The minimum atomic E-state index is -1.24. The van der Waals surface area contributed by atoms with Gasteiger partial charge in [0.1, 0.15) is 18.3 Å². The first kappa shape index (κ1) is 10.9. The lowest BCUT2D eigenvalue weighted by molar-refractivity contribution is -0.0424. The number of aliphatic hydroxyl groups is 3. The molecule has 1 aromatic carbocycles. The van der Waals surface area contributed by atoms with Crippen LogP contribution in [0.3, 0.4) is 0 Å². The lowest BCUT2D eigenvalue weighted by atomic mass is 10.0. The van der Waals surface area contributed by atoms with Crippen LogP contribution in [-0.4, -0.2) is 27.5 Å². The number of rotatable bonds is 4. The van der Waals surface area contributed by atoms with Crippen LogP contribution in [0.2, 0.25) is 0 Å². The van der Waals surface area contributed by atoms with E-state index in [1.165, 1.54) is 6.08 Å². The van der Waals surface area contributed by atoms with Gasteiger partial charge in [-0.15, -0.1) is 6.58 Å². The Morgan fingerprint density at radius 2 is 1.64 bits per heavy atom. The van der Waals surface area contributed by atoms with E-state index in [0.29, 0.717) is 5.56 Å². The molecular formula is C11H14O3. The van der Waals surface area contributed by atoms with Gasteiger partial charge < -0.3 is 15.3 Å². The Morgan fingerprint density at radius 1 is 1.07 bits per heavy atom. The monoisotopic (exact) mass is 194 g/mol. The van der Waals surface area contributed by atoms with Crippen LogP contribution in [0, 0.1) is 0 Å². The van der Waals surface area contributed by atoms with Crippen molar-refractivity contribution in [3.63, 3.8) is 0 Å². The summed E-state index contributed by atoms with van der Waals surface area (Å²) in [6.45, 7) is 3.34. The fourth-order valence-corrected chi connectivity index (χ4v) is 1.17. The smallest absolute Gasteiger partial charge is 0.113 e. The van der Waals surface area contributed by atoms with Crippen LogP contribution in [0.15, 0.2) is 43.0 Å². The SMILES string of the molecule is C=C[C@@H](O)[C@H](O)[C@H](O)c1ccccc1. The molecule has 0 amide bonds. The van der Waals surface area contributed by atoms with Gasteiger partial charge in [0, 0.05) is 0 Å². The normalized spacial score (nSPS) is 17.1. The number of hydrogen-bond acceptors (Lipinski definition) is 3. The third-order valence-corrected chi connectivity index (χ3v) is 2.06. The van der Waals surface area contributed by atoms with Gasteiger partial charge in [0.05, 0.1) is 0 Å². The highest BCUT2D eigenvalue weighted by Gasteiger charge is 2.23. The predicted molar refractivity (Wildman–Crippen MR) is 53.6 cm³/mol. The molecule has 0 saturated carbocycles. The highest BCUT2D eigenvalue weighted by atomic mass is 16.4. The molecule has 0 saturated heterocycles. The van der Waals surface area contributed by atoms with Gasteiger partial charge in [-0.2, -0.15) is 0 Å². The second-order valence-electron chi connectivity index (χ2n) is 3.07. The summed E-state index contributed by atoms with van der Waals surface area (Å²) in [5.74, 6) is 0. The molecule has 0 radical (unpaired) electrons. The van der Waals surface area contributed by atoms with Gasteiger partial charge in [-0.3, -0.25) is 0 Å². The summed E-state index contributed by atoms with van der Waals surface area (Å²) in [6.07, 6.45) is -2.26. The van der Waals surface area contributed by atoms with Gasteiger partial charge >= 0.3 is 0 Å². The summed E-state index contributed by atoms with van der Waals surface area (Å²) < 4.78 is 0. The van der Waals surface area contributed by atoms with Crippen molar-refractivity contribution in [3.8, 4) is 0 Å². The molecule has 0 heterocycles. The van der Waals surface area contributed by atoms with Crippen molar-refractivity contribution >= 4 is 0 Å². The lowest BCUT2D eigenvalue weighted by Crippen LogP contribution is -2.30. The molecule has 3 nitrogen and oxygen atoms in total. The second kappa shape index (κ2) is 4.91. The van der Waals surface area contributed by atoms with Crippen LogP contribution in [0.25, 0.3) is 0 Å². The molecule has 0 bridgehead atoms. The Bertz CT molecular complexity index is 284. The van der Waals surface area contributed by atoms with Crippen LogP contribution in [0.5, 0.6) is 0 Å². The molecule has 0 unspecified atom stereocenters. The quantitative estimate of drug-likeness (QED) is 0.616. The molecule has 14 heavy (non-hydrogen) atoms. The summed E-state index contributed by atoms with van der Waals surface area (Å²) in [6, 6.07) is 8.69. The van der Waals surface area contributed by atoms with Crippen LogP contribution in [-0.2, 0) is 0 Å². The molecule has 0 spiro atoms. The van der Waals surface area contributed by atoms with Gasteiger partial charge in [-0.25, -0.2) is 0 Å². The largest absolute Gasteiger partial charge is 0.387 e. The van der Waals surface area contributed by atoms with Crippen molar-refractivity contribution in [3.05, 3.63) is 48.6 Å². The maximum Gasteiger partial charge on any atom is 0.113 e. The van der Waals surface area contributed by atoms with E-state index in [0.717, 1.165) is 0 Å². The molecule has 0 aliphatic carbocycles. The minimum Gasteiger partial charge on any atom is -0.387 e. The van der Waals surface area contributed by atoms with Gasteiger partial charge in [0.25, 0.3) is 0 Å². The summed E-state index contributed by atoms with van der Waals surface area (Å²) in [4.78, 5) is 0. The van der Waals surface area contributed by atoms with Crippen molar-refractivity contribution in [2.75, 3.05) is 0 Å². The number of hydrogen-bond donors (Lipinski definition) is 3. The Kier molecular flexibility index (Phi) is 3.83. The van der Waals surface area contributed by atoms with Crippen molar-refractivity contribution in [1.29, 1.82) is 0 Å². The zero-order valence-electron chi connectivity index (χ0n) is 7.74. The third-order valence-electron chi connectivity index (χ3n) is 2.06. The fourth-order valence-electron chi connectivity index (χ4n) is 1.17. The zero-order chi connectivity index (χ0) is 10.6. The van der Waals surface area contributed by atoms with E-state index in [1.807, 2.05) is 6.07 Å². The van der Waals surface area contributed by atoms with Crippen molar-refractivity contribution in [2.45, 2.75) is 18.3 Å². The molecule has 1 rings (SSSR count). The van der Waals surface area contributed by atoms with E-state index in [-0.39, 0.29) is 0 Å². The average Bonchev–Trinajstić information content (AvgIpc) is 2.27. The van der Waals surface area contributed by atoms with Crippen LogP contribution >= 0.6 is 0 Å². The Labute approximate surface area is 82.9 Å². The average molecular weight is 194 g/mol. The predicted octanol–water partition coefficient (Wildman–Crippen LogP) is 0.628. The van der Waals surface area contributed by atoms with E-state index < -0.39 is 18.3 Å². The molecule has 3 heteroatoms. The molecule has 3 atom stereocenters. The van der Waals surface area contributed by atoms with Gasteiger partial charge in [0.15, 0.2) is 0 Å². The molecule has 1 aromatic rings. The first-order valence-electron chi connectivity index (χ1n) is 4.38. The number of benzene rings is 1. The number of aliphatic hydroxyl groups excluding tert-OH is 3. The van der Waals surface area contributed by atoms with Crippen LogP contribution in [0.4, 0.5) is 0 Å². The molecule has 76 valence electrons. The third kappa shape index (κ3) is 2.42. The lowest BCUT2D eigenvalue weighted by Gasteiger charge is -2.20. The summed E-state index contributed by atoms with van der Waals surface area (Å²) >= 11 is 0. The van der Waals surface area contributed by atoms with Crippen molar-refractivity contribution < 1.29 is 15.3 Å². The van der Waals surface area contributed by atoms with Gasteiger partial charge in [-0.1, -0.05) is 36.4 Å². The zero-order valence-corrected chi connectivity index (χ0v) is 7.74. The Hall–Kier alpha value is -1.16. The van der Waals surface area contributed by atoms with Crippen molar-refractivity contribution in [1.82, 2.24) is 0 Å². The highest BCUT2D eigenvalue weighted by Crippen LogP contribution is 2.18. The molecular weight excluding hydrogens is 180 g/mol. The maximum atomic E-state index is 9.63. The topological polar surface area (TPSA) is 60.7 Å². The molecule has 0 aliphatic heterocycles. The van der Waals surface area contributed by atoms with E-state index in [1.54, 1.807) is 24.3 Å². The Morgan fingerprint density at radius 3 is 2.14 bits per heavy atom. The van der Waals surface area contributed by atoms with E-state index in [2.05, 4.69) is 6.58 Å². The molecule has 3 N–H and O–H groups in total.